The van der Waals surface area contributed by atoms with Gasteiger partial charge in [0.1, 0.15) is 41.7 Å². The van der Waals surface area contributed by atoms with Gasteiger partial charge in [-0.3, -0.25) is 43.0 Å². The van der Waals surface area contributed by atoms with Gasteiger partial charge < -0.3 is 52.8 Å². The molecule has 0 saturated heterocycles. The highest BCUT2D eigenvalue weighted by Crippen LogP contribution is 2.22. The van der Waals surface area contributed by atoms with Gasteiger partial charge in [-0.05, 0) is 85.5 Å². The summed E-state index contributed by atoms with van der Waals surface area (Å²) in [6.45, 7) is 6.41. The van der Waals surface area contributed by atoms with Crippen molar-refractivity contribution >= 4 is 58.0 Å². The molecule has 2 bridgehead atoms. The van der Waals surface area contributed by atoms with Crippen molar-refractivity contribution in [2.24, 2.45) is 17.6 Å². The van der Waals surface area contributed by atoms with Gasteiger partial charge in [-0.15, -0.1) is 5.10 Å². The Kier molecular flexibility index (Phi) is 18.2. The van der Waals surface area contributed by atoms with Crippen molar-refractivity contribution in [3.05, 3.63) is 108 Å². The maximum Gasteiger partial charge on any atom is 0.243 e. The number of ketones is 1. The Morgan fingerprint density at radius 3 is 1.97 bits per heavy atom. The Morgan fingerprint density at radius 2 is 1.33 bits per heavy atom. The third-order valence-electron chi connectivity index (χ3n) is 12.6. The van der Waals surface area contributed by atoms with Gasteiger partial charge in [0.05, 0.1) is 11.7 Å². The number of nitrogens with zero attached hydrogens (tertiary/aromatic N) is 3. The first-order valence-corrected chi connectivity index (χ1v) is 23.9. The molecule has 7 atom stereocenters. The van der Waals surface area contributed by atoms with E-state index in [1.165, 1.54) is 42.8 Å². The van der Waals surface area contributed by atoms with E-state index in [-0.39, 0.29) is 43.6 Å². The van der Waals surface area contributed by atoms with Gasteiger partial charge in [-0.1, -0.05) is 61.5 Å². The van der Waals surface area contributed by atoms with Gasteiger partial charge in [-0.25, -0.2) is 0 Å². The average molecular weight is 990 g/mol. The van der Waals surface area contributed by atoms with Crippen LogP contribution < -0.4 is 37.6 Å². The molecule has 5 aromatic rings. The first-order valence-electron chi connectivity index (χ1n) is 23.9. The van der Waals surface area contributed by atoms with E-state index in [2.05, 4.69) is 47.2 Å². The fourth-order valence-electron chi connectivity index (χ4n) is 8.52. The van der Waals surface area contributed by atoms with E-state index in [0.29, 0.717) is 41.8 Å². The first kappa shape index (κ1) is 53.3. The van der Waals surface area contributed by atoms with Gasteiger partial charge in [-0.2, -0.15) is 0 Å². The highest BCUT2D eigenvalue weighted by molar-refractivity contribution is 5.98. The normalized spacial score (nSPS) is 22.7. The minimum Gasteiger partial charge on any atom is -0.508 e. The largest absolute Gasteiger partial charge is 0.508 e. The summed E-state index contributed by atoms with van der Waals surface area (Å²) >= 11 is 0. The number of aryl methyl sites for hydroxylation is 1. The molecule has 0 radical (unpaired) electrons. The van der Waals surface area contributed by atoms with E-state index in [1.807, 2.05) is 24.3 Å². The number of fused-ring (bicyclic) bond motifs is 3. The summed E-state index contributed by atoms with van der Waals surface area (Å²) in [7, 11) is 0. The highest BCUT2D eigenvalue weighted by Gasteiger charge is 2.35. The molecule has 21 heteroatoms. The number of para-hydroxylation sites is 1. The van der Waals surface area contributed by atoms with Crippen LogP contribution >= 0.6 is 0 Å². The minimum absolute atomic E-state index is 0.0195. The van der Waals surface area contributed by atoms with Crippen LogP contribution in [0, 0.1) is 11.8 Å². The van der Waals surface area contributed by atoms with E-state index in [4.69, 9.17) is 5.73 Å². The van der Waals surface area contributed by atoms with Gasteiger partial charge in [0.15, 0.2) is 5.78 Å². The van der Waals surface area contributed by atoms with E-state index in [0.717, 1.165) is 10.9 Å². The smallest absolute Gasteiger partial charge is 0.243 e. The summed E-state index contributed by atoms with van der Waals surface area (Å²) < 4.78 is 1.52. The van der Waals surface area contributed by atoms with Crippen LogP contribution in [0.15, 0.2) is 85.2 Å². The zero-order valence-electron chi connectivity index (χ0n) is 40.6. The predicted octanol–water partition coefficient (Wildman–Crippen LogP) is 1.29. The molecule has 7 amide bonds. The minimum atomic E-state index is -1.31. The van der Waals surface area contributed by atoms with E-state index in [1.54, 1.807) is 50.5 Å². The summed E-state index contributed by atoms with van der Waals surface area (Å²) in [5.41, 5.74) is 8.64. The van der Waals surface area contributed by atoms with Crippen LogP contribution in [-0.4, -0.2) is 114 Å². The fraction of sp³-hybridized carbons (Fsp3) is 0.412. The van der Waals surface area contributed by atoms with Gasteiger partial charge in [0, 0.05) is 68.4 Å². The molecule has 1 aliphatic rings. The van der Waals surface area contributed by atoms with Crippen molar-refractivity contribution in [1.82, 2.24) is 51.9 Å². The number of H-pyrrole nitrogens is 1. The number of hydrogen-bond acceptors (Lipinski definition) is 12. The van der Waals surface area contributed by atoms with Crippen molar-refractivity contribution in [3.63, 3.8) is 0 Å². The molecule has 72 heavy (non-hydrogen) atoms. The Balaban J connectivity index is 1.35. The predicted molar refractivity (Wildman–Crippen MR) is 263 cm³/mol. The third-order valence-corrected chi connectivity index (χ3v) is 12.6. The lowest BCUT2D eigenvalue weighted by atomic mass is 9.86. The molecule has 3 aromatic carbocycles. The summed E-state index contributed by atoms with van der Waals surface area (Å²) in [6.07, 6.45) is 3.56. The standard InChI is InChI=1S/C51H63N11O10/c1-28(2)38-25-45(66)41(21-31-12-16-35(64)17-13-31)57-50(71)43(23-33-26-53-39-10-6-5-9-37(33)39)59-51(72)44(55-30(4)63)24-34-27-62(61-60-34)20-8-7-11-40(46(52)67)56-49(70)42(22-32-14-18-36(65)19-15-32)58-47(68)29(3)54-48(38)69/h5-6,9-10,12-19,26-29,38,40-44,53,64-65H,7-8,11,20-25H2,1-4H3,(H2,52,67)(H,54,69)(H,55,63)(H,56,70)(H,57,71)(H,58,68)(H,59,72)/t29-,38-,40+,41-,42-,43-,44+/m1/s1. The topological polar surface area (TPSA) is 322 Å². The molecule has 0 unspecified atom stereocenters. The summed E-state index contributed by atoms with van der Waals surface area (Å²) in [5.74, 6) is -7.04. The number of nitrogens with two attached hydrogens (primary N) is 1. The molecule has 21 nitrogen and oxygen atoms in total. The summed E-state index contributed by atoms with van der Waals surface area (Å²) in [4.78, 5) is 114. The molecule has 0 fully saturated rings. The molecule has 0 spiro atoms. The van der Waals surface area contributed by atoms with Crippen molar-refractivity contribution in [2.45, 2.75) is 122 Å². The van der Waals surface area contributed by atoms with Crippen LogP contribution in [0.1, 0.15) is 75.8 Å². The number of aromatic hydroxyl groups is 2. The van der Waals surface area contributed by atoms with Crippen molar-refractivity contribution in [1.29, 1.82) is 0 Å². The zero-order chi connectivity index (χ0) is 52.1. The molecule has 1 aliphatic heterocycles. The van der Waals surface area contributed by atoms with Crippen LogP contribution in [0.25, 0.3) is 10.9 Å². The lowest BCUT2D eigenvalue weighted by Crippen LogP contribution is -2.57. The number of primary amides is 1. The SMILES string of the molecule is CC(=O)N[C@H]1Cc2cn(nn2)CCCC[C@@H](C(N)=O)NC(=O)[C@@H](Cc2ccc(O)cc2)NC(=O)[C@@H](C)NC(=O)[C@@H](C(C)C)CC(=O)[C@@H](Cc2ccc(O)cc2)NC(=O)[C@@H](Cc2c[nH]c3ccccc23)NC1=O. The molecule has 6 rings (SSSR count). The number of aromatic amines is 1. The van der Waals surface area contributed by atoms with Gasteiger partial charge >= 0.3 is 0 Å². The summed E-state index contributed by atoms with van der Waals surface area (Å²) in [5, 5.41) is 45.5. The maximum atomic E-state index is 14.7. The third kappa shape index (κ3) is 15.0. The van der Waals surface area contributed by atoms with Crippen LogP contribution in [0.2, 0.25) is 0 Å². The van der Waals surface area contributed by atoms with Crippen molar-refractivity contribution in [3.8, 4) is 11.5 Å². The van der Waals surface area contributed by atoms with Crippen molar-refractivity contribution in [2.75, 3.05) is 0 Å². The number of carbonyl (C=O) groups is 8. The second-order valence-corrected chi connectivity index (χ2v) is 18.6. The highest BCUT2D eigenvalue weighted by atomic mass is 16.3. The number of Topliss-reactive ketones (excluding diaryl/α,β-unsaturated/α-hetero) is 1. The average Bonchev–Trinajstić information content (AvgIpc) is 3.97. The van der Waals surface area contributed by atoms with Gasteiger partial charge in [0.25, 0.3) is 0 Å². The van der Waals surface area contributed by atoms with Crippen LogP contribution in [0.5, 0.6) is 11.5 Å². The Hall–Kier alpha value is -8.10. The van der Waals surface area contributed by atoms with E-state index in [9.17, 15) is 48.6 Å². The number of hydrogen-bond donors (Lipinski definition) is 10. The lowest BCUT2D eigenvalue weighted by molar-refractivity contribution is -0.136. The van der Waals surface area contributed by atoms with E-state index >= 15 is 0 Å². The number of benzene rings is 3. The Labute approximate surface area is 415 Å². The molecule has 11 N–H and O–H groups in total. The van der Waals surface area contributed by atoms with Crippen LogP contribution in [0.3, 0.4) is 0 Å². The molecule has 382 valence electrons. The number of carbonyl (C=O) groups excluding carboxylic acids is 8. The molecule has 0 aliphatic carbocycles. The Morgan fingerprint density at radius 1 is 0.736 bits per heavy atom. The maximum absolute atomic E-state index is 14.7. The molecule has 2 aromatic heterocycles. The molecule has 0 saturated carbocycles. The monoisotopic (exact) mass is 989 g/mol. The summed E-state index contributed by atoms with van der Waals surface area (Å²) in [6, 6.07) is 11.9. The second-order valence-electron chi connectivity index (χ2n) is 18.6. The number of nitrogens with one attached hydrogen (secondary N) is 7. The molecular formula is C51H63N11O10. The molecular weight excluding hydrogens is 927 g/mol. The van der Waals surface area contributed by atoms with Crippen LogP contribution in [0.4, 0.5) is 0 Å². The lowest BCUT2D eigenvalue weighted by Gasteiger charge is -2.27. The van der Waals surface area contributed by atoms with Gasteiger partial charge in [0.2, 0.25) is 41.4 Å². The van der Waals surface area contributed by atoms with Crippen LogP contribution in [-0.2, 0) is 70.6 Å². The van der Waals surface area contributed by atoms with E-state index < -0.39 is 102 Å². The second kappa shape index (κ2) is 24.6. The number of amides is 7. The first-order chi connectivity index (χ1) is 34.3. The Bertz CT molecular complexity index is 2740. The zero-order valence-corrected chi connectivity index (χ0v) is 40.6. The fourth-order valence-corrected chi connectivity index (χ4v) is 8.52. The molecule has 3 heterocycles. The number of rotatable bonds is 9. The number of phenols is 2. The number of phenolic OH excluding ortho intramolecular Hbond substituents is 2. The quantitative estimate of drug-likeness (QED) is 0.1000. The number of aromatic nitrogens is 4. The van der Waals surface area contributed by atoms with Crippen molar-refractivity contribution < 1.29 is 48.6 Å².